The third kappa shape index (κ3) is 4.06. The molecule has 0 saturated carbocycles. The lowest BCUT2D eigenvalue weighted by Gasteiger charge is -2.12. The van der Waals surface area contributed by atoms with Crippen molar-refractivity contribution < 1.29 is 4.74 Å². The minimum absolute atomic E-state index is 0.285. The lowest BCUT2D eigenvalue weighted by Crippen LogP contribution is -2.19. The number of nitrogens with zero attached hydrogens (tertiary/aromatic N) is 2. The second-order valence-corrected chi connectivity index (χ2v) is 5.35. The van der Waals surface area contributed by atoms with E-state index < -0.39 is 0 Å². The van der Waals surface area contributed by atoms with Gasteiger partial charge < -0.3 is 15.4 Å². The van der Waals surface area contributed by atoms with E-state index in [0.717, 1.165) is 37.5 Å². The molecule has 0 aliphatic carbocycles. The summed E-state index contributed by atoms with van der Waals surface area (Å²) in [5.41, 5.74) is 0.899. The van der Waals surface area contributed by atoms with Crippen LogP contribution < -0.4 is 10.6 Å². The van der Waals surface area contributed by atoms with Crippen LogP contribution in [0.3, 0.4) is 0 Å². The van der Waals surface area contributed by atoms with Crippen molar-refractivity contribution in [3.8, 4) is 0 Å². The average molecular weight is 305 g/mol. The van der Waals surface area contributed by atoms with Crippen LogP contribution in [-0.4, -0.2) is 29.2 Å². The maximum Gasteiger partial charge on any atom is 0.229 e. The SMILES string of the molecule is Clc1ccc(Nc2nccc(NCC3CCCO3)n2)cc1. The highest BCUT2D eigenvalue weighted by Gasteiger charge is 2.15. The Kier molecular flexibility index (Phi) is 4.52. The van der Waals surface area contributed by atoms with Gasteiger partial charge >= 0.3 is 0 Å². The second kappa shape index (κ2) is 6.74. The molecule has 2 aromatic rings. The minimum Gasteiger partial charge on any atom is -0.376 e. The van der Waals surface area contributed by atoms with E-state index in [0.29, 0.717) is 11.0 Å². The van der Waals surface area contributed by atoms with E-state index in [9.17, 15) is 0 Å². The fraction of sp³-hybridized carbons (Fsp3) is 0.333. The quantitative estimate of drug-likeness (QED) is 0.886. The number of benzene rings is 1. The van der Waals surface area contributed by atoms with Crippen LogP contribution in [0.25, 0.3) is 0 Å². The predicted octanol–water partition coefficient (Wildman–Crippen LogP) is 3.46. The molecule has 110 valence electrons. The first kappa shape index (κ1) is 14.1. The molecule has 3 rings (SSSR count). The Bertz CT molecular complexity index is 584. The number of anilines is 3. The van der Waals surface area contributed by atoms with Gasteiger partial charge in [0.1, 0.15) is 5.82 Å². The molecular formula is C15H17ClN4O. The van der Waals surface area contributed by atoms with Crippen molar-refractivity contribution in [3.05, 3.63) is 41.6 Å². The summed E-state index contributed by atoms with van der Waals surface area (Å²) in [6, 6.07) is 9.27. The van der Waals surface area contributed by atoms with Gasteiger partial charge in [0, 0.05) is 30.1 Å². The Labute approximate surface area is 128 Å². The van der Waals surface area contributed by atoms with Crippen molar-refractivity contribution in [2.45, 2.75) is 18.9 Å². The average Bonchev–Trinajstić information content (AvgIpc) is 3.01. The number of hydrogen-bond acceptors (Lipinski definition) is 5. The van der Waals surface area contributed by atoms with Gasteiger partial charge in [0.25, 0.3) is 0 Å². The Morgan fingerprint density at radius 3 is 2.86 bits per heavy atom. The molecule has 0 amide bonds. The third-order valence-corrected chi connectivity index (χ3v) is 3.54. The van der Waals surface area contributed by atoms with E-state index in [1.54, 1.807) is 6.20 Å². The normalized spacial score (nSPS) is 17.7. The molecule has 1 aromatic heterocycles. The lowest BCUT2D eigenvalue weighted by atomic mass is 10.2. The number of halogens is 1. The van der Waals surface area contributed by atoms with Gasteiger partial charge in [-0.25, -0.2) is 4.98 Å². The van der Waals surface area contributed by atoms with Gasteiger partial charge in [-0.05, 0) is 43.2 Å². The predicted molar refractivity (Wildman–Crippen MR) is 84.2 cm³/mol. The van der Waals surface area contributed by atoms with Crippen LogP contribution in [0, 0.1) is 0 Å². The Balaban J connectivity index is 1.60. The topological polar surface area (TPSA) is 59.1 Å². The molecule has 2 heterocycles. The van der Waals surface area contributed by atoms with Gasteiger partial charge in [0.05, 0.1) is 6.10 Å². The molecule has 6 heteroatoms. The summed E-state index contributed by atoms with van der Waals surface area (Å²) in [5, 5.41) is 7.13. The number of hydrogen-bond donors (Lipinski definition) is 2. The zero-order valence-corrected chi connectivity index (χ0v) is 12.3. The van der Waals surface area contributed by atoms with Crippen molar-refractivity contribution in [2.24, 2.45) is 0 Å². The zero-order valence-electron chi connectivity index (χ0n) is 11.6. The highest BCUT2D eigenvalue weighted by atomic mass is 35.5. The van der Waals surface area contributed by atoms with Crippen LogP contribution in [0.15, 0.2) is 36.5 Å². The highest BCUT2D eigenvalue weighted by molar-refractivity contribution is 6.30. The molecule has 0 radical (unpaired) electrons. The number of rotatable bonds is 5. The van der Waals surface area contributed by atoms with Gasteiger partial charge in [0.15, 0.2) is 0 Å². The molecule has 2 N–H and O–H groups in total. The Morgan fingerprint density at radius 1 is 1.24 bits per heavy atom. The van der Waals surface area contributed by atoms with E-state index in [2.05, 4.69) is 20.6 Å². The monoisotopic (exact) mass is 304 g/mol. The zero-order chi connectivity index (χ0) is 14.5. The fourth-order valence-electron chi connectivity index (χ4n) is 2.20. The van der Waals surface area contributed by atoms with Crippen LogP contribution in [0.1, 0.15) is 12.8 Å². The van der Waals surface area contributed by atoms with Crippen LogP contribution in [0.4, 0.5) is 17.5 Å². The first-order valence-electron chi connectivity index (χ1n) is 7.01. The molecule has 1 unspecified atom stereocenters. The van der Waals surface area contributed by atoms with Crippen LogP contribution in [-0.2, 0) is 4.74 Å². The van der Waals surface area contributed by atoms with Gasteiger partial charge in [-0.1, -0.05) is 11.6 Å². The molecule has 1 aliphatic rings. The van der Waals surface area contributed by atoms with Gasteiger partial charge in [0.2, 0.25) is 5.95 Å². The molecule has 1 saturated heterocycles. The molecule has 1 fully saturated rings. The summed E-state index contributed by atoms with van der Waals surface area (Å²) in [6.45, 7) is 1.64. The number of aromatic nitrogens is 2. The standard InChI is InChI=1S/C15H17ClN4O/c16-11-3-5-12(6-4-11)19-15-17-8-7-14(20-15)18-10-13-2-1-9-21-13/h3-8,13H,1-2,9-10H2,(H2,17,18,19,20). The highest BCUT2D eigenvalue weighted by Crippen LogP contribution is 2.18. The summed E-state index contributed by atoms with van der Waals surface area (Å²) in [7, 11) is 0. The van der Waals surface area contributed by atoms with Crippen molar-refractivity contribution >= 4 is 29.1 Å². The molecule has 1 aliphatic heterocycles. The fourth-order valence-corrected chi connectivity index (χ4v) is 2.33. The summed E-state index contributed by atoms with van der Waals surface area (Å²) in [6.07, 6.45) is 4.25. The number of ether oxygens (including phenoxy) is 1. The summed E-state index contributed by atoms with van der Waals surface area (Å²) in [5.74, 6) is 1.34. The largest absolute Gasteiger partial charge is 0.376 e. The van der Waals surface area contributed by atoms with Gasteiger partial charge in [-0.2, -0.15) is 4.98 Å². The van der Waals surface area contributed by atoms with Crippen molar-refractivity contribution in [1.82, 2.24) is 9.97 Å². The van der Waals surface area contributed by atoms with E-state index in [4.69, 9.17) is 16.3 Å². The third-order valence-electron chi connectivity index (χ3n) is 3.29. The van der Waals surface area contributed by atoms with Crippen molar-refractivity contribution in [3.63, 3.8) is 0 Å². The van der Waals surface area contributed by atoms with Crippen LogP contribution >= 0.6 is 11.6 Å². The molecule has 5 nitrogen and oxygen atoms in total. The molecule has 0 spiro atoms. The van der Waals surface area contributed by atoms with Crippen molar-refractivity contribution in [1.29, 1.82) is 0 Å². The van der Waals surface area contributed by atoms with Gasteiger partial charge in [-0.3, -0.25) is 0 Å². The first-order chi connectivity index (χ1) is 10.3. The minimum atomic E-state index is 0.285. The summed E-state index contributed by atoms with van der Waals surface area (Å²) >= 11 is 5.86. The summed E-state index contributed by atoms with van der Waals surface area (Å²) < 4.78 is 5.58. The molecule has 1 atom stereocenters. The van der Waals surface area contributed by atoms with Crippen LogP contribution in [0.5, 0.6) is 0 Å². The molecule has 0 bridgehead atoms. The summed E-state index contributed by atoms with van der Waals surface area (Å²) in [4.78, 5) is 8.64. The van der Waals surface area contributed by atoms with E-state index in [1.807, 2.05) is 30.3 Å². The molecular weight excluding hydrogens is 288 g/mol. The first-order valence-corrected chi connectivity index (χ1v) is 7.38. The smallest absolute Gasteiger partial charge is 0.229 e. The Hall–Kier alpha value is -1.85. The lowest BCUT2D eigenvalue weighted by molar-refractivity contribution is 0.120. The molecule has 21 heavy (non-hydrogen) atoms. The maximum atomic E-state index is 5.86. The van der Waals surface area contributed by atoms with E-state index >= 15 is 0 Å². The second-order valence-electron chi connectivity index (χ2n) is 4.91. The van der Waals surface area contributed by atoms with E-state index in [-0.39, 0.29) is 6.10 Å². The Morgan fingerprint density at radius 2 is 2.10 bits per heavy atom. The number of nitrogens with one attached hydrogen (secondary N) is 2. The van der Waals surface area contributed by atoms with Gasteiger partial charge in [-0.15, -0.1) is 0 Å². The van der Waals surface area contributed by atoms with E-state index in [1.165, 1.54) is 0 Å². The van der Waals surface area contributed by atoms with Crippen molar-refractivity contribution in [2.75, 3.05) is 23.8 Å². The molecule has 1 aromatic carbocycles. The van der Waals surface area contributed by atoms with Crippen LogP contribution in [0.2, 0.25) is 5.02 Å². The maximum absolute atomic E-state index is 5.86.